The predicted molar refractivity (Wildman–Crippen MR) is 76.5 cm³/mol. The largest absolute Gasteiger partial charge is 0.489 e. The van der Waals surface area contributed by atoms with Crippen molar-refractivity contribution >= 4 is 28.2 Å². The lowest BCUT2D eigenvalue weighted by Gasteiger charge is -2.09. The maximum absolute atomic E-state index is 5.91. The lowest BCUT2D eigenvalue weighted by atomic mass is 10.1. The van der Waals surface area contributed by atoms with Gasteiger partial charge in [0.1, 0.15) is 11.9 Å². The zero-order valence-corrected chi connectivity index (χ0v) is 11.7. The van der Waals surface area contributed by atoms with Gasteiger partial charge in [0.05, 0.1) is 9.90 Å². The van der Waals surface area contributed by atoms with E-state index in [1.165, 1.54) is 9.77 Å². The minimum Gasteiger partial charge on any atom is -0.489 e. The van der Waals surface area contributed by atoms with Crippen molar-refractivity contribution in [1.29, 1.82) is 0 Å². The molecule has 0 saturated heterocycles. The fraction of sp³-hybridized carbons (Fsp3) is 0.308. The van der Waals surface area contributed by atoms with Gasteiger partial charge >= 0.3 is 0 Å². The van der Waals surface area contributed by atoms with Crippen LogP contribution >= 0.6 is 23.1 Å². The molecule has 0 saturated carbocycles. The maximum atomic E-state index is 5.91. The van der Waals surface area contributed by atoms with Crippen LogP contribution in [0.25, 0.3) is 0 Å². The Hall–Kier alpha value is -1.20. The summed E-state index contributed by atoms with van der Waals surface area (Å²) in [4.78, 5) is 4.23. The molecular formula is C13H14N2OS2. The van der Waals surface area contributed by atoms with Crippen LogP contribution in [0.4, 0.5) is 5.13 Å². The first-order valence-corrected chi connectivity index (χ1v) is 7.63. The number of nitrogens with zero attached hydrogens (tertiary/aromatic N) is 1. The zero-order valence-electron chi connectivity index (χ0n) is 10.1. The molecule has 94 valence electrons. The fourth-order valence-corrected chi connectivity index (χ4v) is 4.09. The molecule has 1 aliphatic rings. The van der Waals surface area contributed by atoms with Gasteiger partial charge in [-0.2, -0.15) is 0 Å². The maximum Gasteiger partial charge on any atom is 0.181 e. The van der Waals surface area contributed by atoms with Crippen LogP contribution in [-0.4, -0.2) is 16.8 Å². The minimum atomic E-state index is 0.259. The van der Waals surface area contributed by atoms with Gasteiger partial charge < -0.3 is 10.5 Å². The smallest absolute Gasteiger partial charge is 0.181 e. The Morgan fingerprint density at radius 3 is 3.06 bits per heavy atom. The Labute approximate surface area is 114 Å². The van der Waals surface area contributed by atoms with Crippen molar-refractivity contribution in [1.82, 2.24) is 4.98 Å². The van der Waals surface area contributed by atoms with Crippen molar-refractivity contribution < 1.29 is 4.74 Å². The number of rotatable bonds is 3. The normalized spacial score (nSPS) is 17.5. The second-order valence-corrected chi connectivity index (χ2v) is 6.61. The summed E-state index contributed by atoms with van der Waals surface area (Å²) >= 11 is 3.34. The summed E-state index contributed by atoms with van der Waals surface area (Å²) in [7, 11) is 0. The molecule has 0 aliphatic carbocycles. The summed E-state index contributed by atoms with van der Waals surface area (Å²) in [5, 5.41) is 0.644. The third kappa shape index (κ3) is 2.33. The fourth-order valence-electron chi connectivity index (χ4n) is 2.05. The van der Waals surface area contributed by atoms with E-state index in [1.807, 2.05) is 19.1 Å². The molecule has 5 heteroatoms. The Balaban J connectivity index is 1.62. The van der Waals surface area contributed by atoms with Crippen molar-refractivity contribution in [3.05, 3.63) is 35.5 Å². The van der Waals surface area contributed by atoms with Crippen LogP contribution in [0.2, 0.25) is 0 Å². The average Bonchev–Trinajstić information content (AvgIpc) is 2.89. The molecule has 0 bridgehead atoms. The number of fused-ring (bicyclic) bond motifs is 1. The summed E-state index contributed by atoms with van der Waals surface area (Å²) in [6.07, 6.45) is 1.26. The van der Waals surface area contributed by atoms with E-state index < -0.39 is 0 Å². The number of para-hydroxylation sites is 1. The van der Waals surface area contributed by atoms with Crippen LogP contribution in [0.15, 0.2) is 28.5 Å². The highest BCUT2D eigenvalue weighted by atomic mass is 32.2. The van der Waals surface area contributed by atoms with E-state index >= 15 is 0 Å². The van der Waals surface area contributed by atoms with Crippen LogP contribution in [0, 0.1) is 6.92 Å². The second kappa shape index (κ2) is 4.82. The molecule has 2 N–H and O–H groups in total. The Morgan fingerprint density at radius 1 is 1.50 bits per heavy atom. The van der Waals surface area contributed by atoms with Crippen molar-refractivity contribution in [2.24, 2.45) is 0 Å². The van der Waals surface area contributed by atoms with Crippen LogP contribution in [0.1, 0.15) is 11.3 Å². The van der Waals surface area contributed by atoms with Gasteiger partial charge in [-0.1, -0.05) is 29.5 Å². The molecule has 2 heterocycles. The lowest BCUT2D eigenvalue weighted by Crippen LogP contribution is -2.15. The molecule has 2 aromatic rings. The first-order chi connectivity index (χ1) is 8.72. The standard InChI is InChI=1S/C13H14N2OS2/c1-8-12(18-13(14)15-8)17-7-10-6-9-4-2-3-5-11(9)16-10/h2-5,10H,6-7H2,1H3,(H2,14,15). The summed E-state index contributed by atoms with van der Waals surface area (Å²) in [6.45, 7) is 2.00. The number of ether oxygens (including phenoxy) is 1. The van der Waals surface area contributed by atoms with E-state index in [2.05, 4.69) is 17.1 Å². The monoisotopic (exact) mass is 278 g/mol. The van der Waals surface area contributed by atoms with Gasteiger partial charge in [-0.15, -0.1) is 11.8 Å². The van der Waals surface area contributed by atoms with Crippen molar-refractivity contribution in [2.75, 3.05) is 11.5 Å². The van der Waals surface area contributed by atoms with Gasteiger partial charge in [0, 0.05) is 12.2 Å². The lowest BCUT2D eigenvalue weighted by molar-refractivity contribution is 0.259. The van der Waals surface area contributed by atoms with Gasteiger partial charge in [-0.25, -0.2) is 4.98 Å². The molecule has 1 aromatic heterocycles. The zero-order chi connectivity index (χ0) is 12.5. The molecule has 0 spiro atoms. The number of hydrogen-bond donors (Lipinski definition) is 1. The predicted octanol–water partition coefficient (Wildman–Crippen LogP) is 3.13. The number of anilines is 1. The summed E-state index contributed by atoms with van der Waals surface area (Å²) in [6, 6.07) is 8.25. The highest BCUT2D eigenvalue weighted by molar-refractivity contribution is 8.01. The quantitative estimate of drug-likeness (QED) is 0.876. The van der Waals surface area contributed by atoms with Gasteiger partial charge in [-0.05, 0) is 18.6 Å². The highest BCUT2D eigenvalue weighted by Gasteiger charge is 2.22. The second-order valence-electron chi connectivity index (χ2n) is 4.29. The van der Waals surface area contributed by atoms with Gasteiger partial charge in [-0.3, -0.25) is 0 Å². The topological polar surface area (TPSA) is 48.1 Å². The van der Waals surface area contributed by atoms with Crippen LogP contribution in [0.5, 0.6) is 5.75 Å². The minimum absolute atomic E-state index is 0.259. The molecule has 3 nitrogen and oxygen atoms in total. The van der Waals surface area contributed by atoms with Gasteiger partial charge in [0.15, 0.2) is 5.13 Å². The molecule has 1 aliphatic heterocycles. The summed E-state index contributed by atoms with van der Waals surface area (Å²) in [5.41, 5.74) is 8.03. The summed E-state index contributed by atoms with van der Waals surface area (Å²) in [5.74, 6) is 1.97. The van der Waals surface area contributed by atoms with Gasteiger partial charge in [0.2, 0.25) is 0 Å². The van der Waals surface area contributed by atoms with Crippen molar-refractivity contribution in [3.63, 3.8) is 0 Å². The number of nitrogens with two attached hydrogens (primary N) is 1. The SMILES string of the molecule is Cc1nc(N)sc1SCC1Cc2ccccc2O1. The molecule has 0 fully saturated rings. The Morgan fingerprint density at radius 2 is 2.33 bits per heavy atom. The third-order valence-corrected chi connectivity index (χ3v) is 5.37. The number of aromatic nitrogens is 1. The molecular weight excluding hydrogens is 264 g/mol. The molecule has 1 aromatic carbocycles. The number of thiazole rings is 1. The van der Waals surface area contributed by atoms with Crippen molar-refractivity contribution in [3.8, 4) is 5.75 Å². The first kappa shape index (κ1) is 11.9. The van der Waals surface area contributed by atoms with Crippen molar-refractivity contribution in [2.45, 2.75) is 23.7 Å². The molecule has 1 atom stereocenters. The third-order valence-electron chi connectivity index (χ3n) is 2.88. The average molecular weight is 278 g/mol. The molecule has 18 heavy (non-hydrogen) atoms. The Bertz CT molecular complexity index is 543. The first-order valence-electron chi connectivity index (χ1n) is 5.82. The van der Waals surface area contributed by atoms with E-state index in [9.17, 15) is 0 Å². The Kier molecular flexibility index (Phi) is 3.18. The molecule has 3 rings (SSSR count). The van der Waals surface area contributed by atoms with E-state index in [4.69, 9.17) is 10.5 Å². The number of benzene rings is 1. The van der Waals surface area contributed by atoms with Crippen LogP contribution in [0.3, 0.4) is 0 Å². The van der Waals surface area contributed by atoms with E-state index in [1.54, 1.807) is 23.1 Å². The number of aryl methyl sites for hydroxylation is 1. The molecule has 1 unspecified atom stereocenters. The molecule has 0 radical (unpaired) electrons. The van der Waals surface area contributed by atoms with E-state index in [0.29, 0.717) is 5.13 Å². The highest BCUT2D eigenvalue weighted by Crippen LogP contribution is 2.34. The summed E-state index contributed by atoms with van der Waals surface area (Å²) < 4.78 is 7.11. The number of nitrogen functional groups attached to an aromatic ring is 1. The van der Waals surface area contributed by atoms with E-state index in [-0.39, 0.29) is 6.10 Å². The molecule has 0 amide bonds. The number of hydrogen-bond acceptors (Lipinski definition) is 5. The van der Waals surface area contributed by atoms with E-state index in [0.717, 1.165) is 23.6 Å². The van der Waals surface area contributed by atoms with Crippen LogP contribution in [-0.2, 0) is 6.42 Å². The van der Waals surface area contributed by atoms with Gasteiger partial charge in [0.25, 0.3) is 0 Å². The number of thioether (sulfide) groups is 1. The van der Waals surface area contributed by atoms with Crippen LogP contribution < -0.4 is 10.5 Å².